The highest BCUT2D eigenvalue weighted by Gasteiger charge is 2.34. The summed E-state index contributed by atoms with van der Waals surface area (Å²) in [4.78, 5) is 0. The number of fused-ring (bicyclic) bond motifs is 3. The normalized spacial score (nSPS) is 15.8. The van der Waals surface area contributed by atoms with Crippen LogP contribution in [0.4, 0.5) is 5.82 Å². The van der Waals surface area contributed by atoms with Crippen LogP contribution < -0.4 is 5.32 Å². The molecule has 6 rings (SSSR count). The number of H-pyrrole nitrogens is 1. The van der Waals surface area contributed by atoms with Crippen molar-refractivity contribution in [2.24, 2.45) is 0 Å². The number of nitrogens with zero attached hydrogens (tertiary/aromatic N) is 4. The highest BCUT2D eigenvalue weighted by atomic mass is 16.6. The first-order valence-corrected chi connectivity index (χ1v) is 9.49. The van der Waals surface area contributed by atoms with Crippen molar-refractivity contribution < 1.29 is 4.63 Å². The highest BCUT2D eigenvalue weighted by Crippen LogP contribution is 2.45. The molecule has 0 fully saturated rings. The second kappa shape index (κ2) is 6.29. The second-order valence-electron chi connectivity index (χ2n) is 7.15. The first kappa shape index (κ1) is 16.5. The van der Waals surface area contributed by atoms with Crippen molar-refractivity contribution in [1.82, 2.24) is 20.5 Å². The SMILES string of the molecule is N#CC1=C(c2cccc3ccccc23)Nc2n[nH]cc2C1c1cccc2nonc12. The number of hydrogen-bond donors (Lipinski definition) is 2. The number of allylic oxidation sites excluding steroid dienone is 1. The van der Waals surface area contributed by atoms with Gasteiger partial charge in [0, 0.05) is 17.3 Å². The van der Waals surface area contributed by atoms with Crippen LogP contribution in [0, 0.1) is 11.3 Å². The van der Waals surface area contributed by atoms with E-state index >= 15 is 0 Å². The lowest BCUT2D eigenvalue weighted by atomic mass is 9.81. The van der Waals surface area contributed by atoms with Gasteiger partial charge in [-0.2, -0.15) is 10.4 Å². The molecule has 1 unspecified atom stereocenters. The summed E-state index contributed by atoms with van der Waals surface area (Å²) in [6.07, 6.45) is 1.82. The van der Waals surface area contributed by atoms with Crippen molar-refractivity contribution in [1.29, 1.82) is 5.26 Å². The van der Waals surface area contributed by atoms with Gasteiger partial charge >= 0.3 is 0 Å². The van der Waals surface area contributed by atoms with Gasteiger partial charge in [-0.25, -0.2) is 4.63 Å². The van der Waals surface area contributed by atoms with Gasteiger partial charge in [0.1, 0.15) is 11.0 Å². The molecular formula is C23H14N6O. The lowest BCUT2D eigenvalue weighted by Gasteiger charge is -2.26. The Kier molecular flexibility index (Phi) is 3.46. The Morgan fingerprint density at radius 1 is 0.933 bits per heavy atom. The number of aromatic amines is 1. The molecule has 2 N–H and O–H groups in total. The van der Waals surface area contributed by atoms with Crippen molar-refractivity contribution in [3.63, 3.8) is 0 Å². The minimum absolute atomic E-state index is 0.352. The zero-order valence-electron chi connectivity index (χ0n) is 15.6. The summed E-state index contributed by atoms with van der Waals surface area (Å²) in [5, 5.41) is 31.2. The smallest absolute Gasteiger partial charge is 0.156 e. The Bertz CT molecular complexity index is 1500. The fourth-order valence-corrected chi connectivity index (χ4v) is 4.26. The number of hydrogen-bond acceptors (Lipinski definition) is 6. The number of rotatable bonds is 2. The quantitative estimate of drug-likeness (QED) is 0.457. The zero-order valence-corrected chi connectivity index (χ0v) is 15.6. The molecule has 0 radical (unpaired) electrons. The fraction of sp³-hybridized carbons (Fsp3) is 0.0435. The predicted octanol–water partition coefficient (Wildman–Crippen LogP) is 4.59. The summed E-state index contributed by atoms with van der Waals surface area (Å²) in [5.74, 6) is 0.338. The standard InChI is InChI=1S/C23H14N6O/c24-11-17-20(16-9-4-10-19-22(16)29-30-28-19)18-12-25-27-23(18)26-21(17)15-8-3-6-13-5-1-2-7-14(13)15/h1-10,12,20H,(H2,25,26,27). The van der Waals surface area contributed by atoms with Crippen LogP contribution in [-0.2, 0) is 0 Å². The van der Waals surface area contributed by atoms with Crippen LogP contribution >= 0.6 is 0 Å². The van der Waals surface area contributed by atoms with Crippen molar-refractivity contribution >= 4 is 33.3 Å². The Morgan fingerprint density at radius 2 is 1.80 bits per heavy atom. The van der Waals surface area contributed by atoms with Crippen LogP contribution in [0.5, 0.6) is 0 Å². The molecule has 0 saturated carbocycles. The molecule has 1 aliphatic heterocycles. The van der Waals surface area contributed by atoms with Crippen LogP contribution in [0.15, 0.2) is 77.1 Å². The van der Waals surface area contributed by atoms with Gasteiger partial charge in [-0.1, -0.05) is 54.6 Å². The van der Waals surface area contributed by atoms with E-state index in [1.54, 1.807) is 0 Å². The molecule has 0 bridgehead atoms. The van der Waals surface area contributed by atoms with Crippen LogP contribution in [0.3, 0.4) is 0 Å². The molecule has 7 nitrogen and oxygen atoms in total. The molecule has 0 saturated heterocycles. The third-order valence-corrected chi connectivity index (χ3v) is 5.59. The summed E-state index contributed by atoms with van der Waals surface area (Å²) in [6.45, 7) is 0. The number of benzene rings is 3. The fourth-order valence-electron chi connectivity index (χ4n) is 4.26. The average Bonchev–Trinajstić information content (AvgIpc) is 3.46. The molecule has 5 aromatic rings. The van der Waals surface area contributed by atoms with Crippen LogP contribution in [0.1, 0.15) is 22.6 Å². The van der Waals surface area contributed by atoms with E-state index in [0.717, 1.165) is 33.2 Å². The van der Waals surface area contributed by atoms with Gasteiger partial charge in [0.2, 0.25) is 0 Å². The summed E-state index contributed by atoms with van der Waals surface area (Å²) in [6, 6.07) is 22.4. The molecule has 30 heavy (non-hydrogen) atoms. The zero-order chi connectivity index (χ0) is 20.1. The predicted molar refractivity (Wildman–Crippen MR) is 112 cm³/mol. The first-order valence-electron chi connectivity index (χ1n) is 9.49. The van der Waals surface area contributed by atoms with Gasteiger partial charge in [0.25, 0.3) is 0 Å². The molecule has 0 aliphatic carbocycles. The van der Waals surface area contributed by atoms with E-state index in [1.165, 1.54) is 0 Å². The minimum atomic E-state index is -0.352. The molecule has 3 aromatic carbocycles. The Balaban J connectivity index is 1.67. The maximum absolute atomic E-state index is 10.3. The second-order valence-corrected chi connectivity index (χ2v) is 7.15. The summed E-state index contributed by atoms with van der Waals surface area (Å²) < 4.78 is 4.97. The van der Waals surface area contributed by atoms with E-state index in [1.807, 2.05) is 48.7 Å². The van der Waals surface area contributed by atoms with Crippen molar-refractivity contribution in [3.8, 4) is 6.07 Å². The molecule has 1 aliphatic rings. The minimum Gasteiger partial charge on any atom is -0.337 e. The summed E-state index contributed by atoms with van der Waals surface area (Å²) in [7, 11) is 0. The number of anilines is 1. The van der Waals surface area contributed by atoms with E-state index in [4.69, 9.17) is 4.63 Å². The van der Waals surface area contributed by atoms with Gasteiger partial charge in [-0.3, -0.25) is 5.10 Å². The molecule has 1 atom stereocenters. The van der Waals surface area contributed by atoms with E-state index in [2.05, 4.69) is 50.1 Å². The lowest BCUT2D eigenvalue weighted by Crippen LogP contribution is -2.17. The van der Waals surface area contributed by atoms with E-state index in [0.29, 0.717) is 22.4 Å². The van der Waals surface area contributed by atoms with Crippen LogP contribution in [0.25, 0.3) is 27.5 Å². The number of nitriles is 1. The molecule has 2 aromatic heterocycles. The highest BCUT2D eigenvalue weighted by molar-refractivity contribution is 5.99. The third-order valence-electron chi connectivity index (χ3n) is 5.59. The largest absolute Gasteiger partial charge is 0.337 e. The third kappa shape index (κ3) is 2.28. The first-order chi connectivity index (χ1) is 14.8. The maximum atomic E-state index is 10.3. The maximum Gasteiger partial charge on any atom is 0.156 e. The Labute approximate surface area is 170 Å². The van der Waals surface area contributed by atoms with Gasteiger partial charge in [0.15, 0.2) is 5.82 Å². The van der Waals surface area contributed by atoms with Gasteiger partial charge in [-0.05, 0) is 32.7 Å². The van der Waals surface area contributed by atoms with Crippen molar-refractivity contribution in [2.75, 3.05) is 5.32 Å². The van der Waals surface area contributed by atoms with Gasteiger partial charge < -0.3 is 5.32 Å². The number of aromatic nitrogens is 4. The molecule has 7 heteroatoms. The van der Waals surface area contributed by atoms with Crippen molar-refractivity contribution in [2.45, 2.75) is 5.92 Å². The lowest BCUT2D eigenvalue weighted by molar-refractivity contribution is 0.315. The molecular weight excluding hydrogens is 376 g/mol. The van der Waals surface area contributed by atoms with E-state index < -0.39 is 0 Å². The van der Waals surface area contributed by atoms with Gasteiger partial charge in [-0.15, -0.1) is 0 Å². The van der Waals surface area contributed by atoms with Crippen LogP contribution in [-0.4, -0.2) is 20.5 Å². The Hall–Kier alpha value is -4.44. The average molecular weight is 390 g/mol. The molecule has 0 spiro atoms. The number of nitrogens with one attached hydrogen (secondary N) is 2. The van der Waals surface area contributed by atoms with Gasteiger partial charge in [0.05, 0.1) is 23.3 Å². The molecule has 142 valence electrons. The van der Waals surface area contributed by atoms with E-state index in [9.17, 15) is 5.26 Å². The van der Waals surface area contributed by atoms with Crippen LogP contribution in [0.2, 0.25) is 0 Å². The molecule has 3 heterocycles. The monoisotopic (exact) mass is 390 g/mol. The molecule has 0 amide bonds. The Morgan fingerprint density at radius 3 is 2.73 bits per heavy atom. The summed E-state index contributed by atoms with van der Waals surface area (Å²) in [5.41, 5.74) is 5.32. The topological polar surface area (TPSA) is 103 Å². The van der Waals surface area contributed by atoms with E-state index in [-0.39, 0.29) is 5.92 Å². The summed E-state index contributed by atoms with van der Waals surface area (Å²) >= 11 is 0. The van der Waals surface area contributed by atoms with Crippen molar-refractivity contribution in [3.05, 3.63) is 89.1 Å².